The fourth-order valence-electron chi connectivity index (χ4n) is 2.45. The molecule has 0 atom stereocenters. The van der Waals surface area contributed by atoms with Crippen LogP contribution in [0.3, 0.4) is 0 Å². The lowest BCUT2D eigenvalue weighted by Gasteiger charge is -2.06. The van der Waals surface area contributed by atoms with E-state index in [1.54, 1.807) is 23.0 Å². The van der Waals surface area contributed by atoms with Gasteiger partial charge in [0.25, 0.3) is 0 Å². The van der Waals surface area contributed by atoms with Gasteiger partial charge < -0.3 is 4.57 Å². The predicted molar refractivity (Wildman–Crippen MR) is 84.4 cm³/mol. The van der Waals surface area contributed by atoms with Crippen LogP contribution in [0.2, 0.25) is 0 Å². The van der Waals surface area contributed by atoms with Crippen LogP contribution in [0.25, 0.3) is 0 Å². The van der Waals surface area contributed by atoms with Gasteiger partial charge in [-0.05, 0) is 23.8 Å². The molecule has 2 nitrogen and oxygen atoms in total. The maximum atomic E-state index is 13.7. The fraction of sp³-hybridized carbons (Fsp3) is 0.105. The number of carbonyl (C=O) groups excluding carboxylic acids is 1. The summed E-state index contributed by atoms with van der Waals surface area (Å²) in [5, 5.41) is 0. The molecule has 0 aliphatic carbocycles. The minimum Gasteiger partial charge on any atom is -0.349 e. The Kier molecular flexibility index (Phi) is 4.33. The first kappa shape index (κ1) is 15.2. The van der Waals surface area contributed by atoms with Crippen LogP contribution >= 0.6 is 0 Å². The van der Waals surface area contributed by atoms with Crippen LogP contribution in [0.4, 0.5) is 8.78 Å². The molecule has 0 bridgehead atoms. The monoisotopic (exact) mass is 311 g/mol. The van der Waals surface area contributed by atoms with Gasteiger partial charge in [-0.1, -0.05) is 36.4 Å². The fourth-order valence-corrected chi connectivity index (χ4v) is 2.45. The molecule has 0 unspecified atom stereocenters. The Labute approximate surface area is 133 Å². The quantitative estimate of drug-likeness (QED) is 0.646. The molecule has 0 fully saturated rings. The lowest BCUT2D eigenvalue weighted by atomic mass is 10.1. The third-order valence-electron chi connectivity index (χ3n) is 3.68. The highest BCUT2D eigenvalue weighted by Crippen LogP contribution is 2.15. The number of ketones is 1. The summed E-state index contributed by atoms with van der Waals surface area (Å²) in [5.41, 5.74) is 1.46. The topological polar surface area (TPSA) is 22.0 Å². The number of halogens is 2. The average molecular weight is 311 g/mol. The van der Waals surface area contributed by atoms with Gasteiger partial charge in [0, 0.05) is 29.9 Å². The molecule has 0 saturated carbocycles. The number of hydrogen-bond acceptors (Lipinski definition) is 1. The number of aromatic nitrogens is 1. The third kappa shape index (κ3) is 3.54. The minimum absolute atomic E-state index is 0.00911. The highest BCUT2D eigenvalue weighted by atomic mass is 19.1. The molecule has 0 saturated heterocycles. The number of carbonyl (C=O) groups is 1. The van der Waals surface area contributed by atoms with Crippen molar-refractivity contribution in [3.05, 3.63) is 95.3 Å². The Balaban J connectivity index is 1.74. The highest BCUT2D eigenvalue weighted by Gasteiger charge is 2.12. The molecule has 0 radical (unpaired) electrons. The van der Waals surface area contributed by atoms with Crippen molar-refractivity contribution in [2.75, 3.05) is 0 Å². The lowest BCUT2D eigenvalue weighted by molar-refractivity contribution is 0.0993. The van der Waals surface area contributed by atoms with Gasteiger partial charge in [0.1, 0.15) is 11.6 Å². The Hall–Kier alpha value is -2.75. The Morgan fingerprint density at radius 1 is 0.913 bits per heavy atom. The van der Waals surface area contributed by atoms with Crippen LogP contribution in [0, 0.1) is 11.6 Å². The van der Waals surface area contributed by atoms with Crippen LogP contribution in [0.1, 0.15) is 21.5 Å². The molecule has 0 amide bonds. The van der Waals surface area contributed by atoms with Gasteiger partial charge >= 0.3 is 0 Å². The summed E-state index contributed by atoms with van der Waals surface area (Å²) in [7, 11) is 0. The van der Waals surface area contributed by atoms with Crippen molar-refractivity contribution >= 4 is 5.78 Å². The molecule has 0 N–H and O–H groups in total. The molecular formula is C19H15F2NO. The van der Waals surface area contributed by atoms with Gasteiger partial charge in [-0.3, -0.25) is 4.79 Å². The molecule has 0 spiro atoms. The molecule has 2 aromatic carbocycles. The molecule has 3 rings (SSSR count). The molecule has 1 heterocycles. The van der Waals surface area contributed by atoms with Crippen molar-refractivity contribution in [3.8, 4) is 0 Å². The van der Waals surface area contributed by atoms with Gasteiger partial charge in [0.2, 0.25) is 0 Å². The first-order valence-corrected chi connectivity index (χ1v) is 7.29. The van der Waals surface area contributed by atoms with Crippen molar-refractivity contribution < 1.29 is 13.6 Å². The summed E-state index contributed by atoms with van der Waals surface area (Å²) in [5.74, 6) is -1.20. The van der Waals surface area contributed by atoms with Crippen molar-refractivity contribution in [1.29, 1.82) is 0 Å². The van der Waals surface area contributed by atoms with E-state index in [1.165, 1.54) is 18.2 Å². The summed E-state index contributed by atoms with van der Waals surface area (Å²) in [6.45, 7) is 0.0527. The Morgan fingerprint density at radius 3 is 2.30 bits per heavy atom. The zero-order valence-corrected chi connectivity index (χ0v) is 12.4. The number of hydrogen-bond donors (Lipinski definition) is 0. The SMILES string of the molecule is O=C(Cc1ccccc1)c1ccn(Cc2c(F)cccc2F)c1. The van der Waals surface area contributed by atoms with Crippen LogP contribution in [0.15, 0.2) is 67.0 Å². The number of Topliss-reactive ketones (excluding diaryl/α,β-unsaturated/α-hetero) is 1. The van der Waals surface area contributed by atoms with Gasteiger partial charge in [0.15, 0.2) is 5.78 Å². The Bertz CT molecular complexity index is 804. The van der Waals surface area contributed by atoms with Crippen molar-refractivity contribution in [3.63, 3.8) is 0 Å². The first-order chi connectivity index (χ1) is 11.1. The number of nitrogens with zero attached hydrogens (tertiary/aromatic N) is 1. The normalized spacial score (nSPS) is 10.7. The Morgan fingerprint density at radius 2 is 1.61 bits per heavy atom. The molecular weight excluding hydrogens is 296 g/mol. The molecule has 23 heavy (non-hydrogen) atoms. The van der Waals surface area contributed by atoms with Crippen LogP contribution in [-0.2, 0) is 13.0 Å². The van der Waals surface area contributed by atoms with E-state index in [1.807, 2.05) is 30.3 Å². The van der Waals surface area contributed by atoms with Gasteiger partial charge in [-0.25, -0.2) is 8.78 Å². The third-order valence-corrected chi connectivity index (χ3v) is 3.68. The highest BCUT2D eigenvalue weighted by molar-refractivity contribution is 5.97. The predicted octanol–water partition coefficient (Wildman–Crippen LogP) is 4.24. The summed E-state index contributed by atoms with van der Waals surface area (Å²) in [4.78, 5) is 12.3. The summed E-state index contributed by atoms with van der Waals surface area (Å²) >= 11 is 0. The molecule has 116 valence electrons. The molecule has 0 aliphatic rings. The standard InChI is InChI=1S/C19H15F2NO/c20-17-7-4-8-18(21)16(17)13-22-10-9-15(12-22)19(23)11-14-5-2-1-3-6-14/h1-10,12H,11,13H2. The van der Waals surface area contributed by atoms with Crippen molar-refractivity contribution in [2.24, 2.45) is 0 Å². The smallest absolute Gasteiger partial charge is 0.168 e. The van der Waals surface area contributed by atoms with Gasteiger partial charge in [0.05, 0.1) is 6.54 Å². The van der Waals surface area contributed by atoms with Crippen LogP contribution in [-0.4, -0.2) is 10.4 Å². The van der Waals surface area contributed by atoms with E-state index in [2.05, 4.69) is 0 Å². The summed E-state index contributed by atoms with van der Waals surface area (Å²) in [6.07, 6.45) is 3.58. The van der Waals surface area contributed by atoms with E-state index in [9.17, 15) is 13.6 Å². The molecule has 0 aliphatic heterocycles. The molecule has 4 heteroatoms. The van der Waals surface area contributed by atoms with E-state index in [0.717, 1.165) is 5.56 Å². The largest absolute Gasteiger partial charge is 0.349 e. The van der Waals surface area contributed by atoms with Gasteiger partial charge in [-0.15, -0.1) is 0 Å². The van der Waals surface area contributed by atoms with Gasteiger partial charge in [-0.2, -0.15) is 0 Å². The zero-order chi connectivity index (χ0) is 16.2. The minimum atomic E-state index is -0.587. The van der Waals surface area contributed by atoms with E-state index < -0.39 is 11.6 Å². The lowest BCUT2D eigenvalue weighted by Crippen LogP contribution is -2.04. The summed E-state index contributed by atoms with van der Waals surface area (Å²) in [6, 6.07) is 14.9. The second kappa shape index (κ2) is 6.57. The van der Waals surface area contributed by atoms with E-state index in [4.69, 9.17) is 0 Å². The van der Waals surface area contributed by atoms with Crippen LogP contribution < -0.4 is 0 Å². The first-order valence-electron chi connectivity index (χ1n) is 7.29. The average Bonchev–Trinajstić information content (AvgIpc) is 3.01. The van der Waals surface area contributed by atoms with Crippen molar-refractivity contribution in [2.45, 2.75) is 13.0 Å². The zero-order valence-electron chi connectivity index (χ0n) is 12.4. The van der Waals surface area contributed by atoms with E-state index in [-0.39, 0.29) is 17.9 Å². The maximum absolute atomic E-state index is 13.7. The number of rotatable bonds is 5. The molecule has 1 aromatic heterocycles. The van der Waals surface area contributed by atoms with E-state index >= 15 is 0 Å². The second-order valence-electron chi connectivity index (χ2n) is 5.36. The van der Waals surface area contributed by atoms with E-state index in [0.29, 0.717) is 12.0 Å². The number of benzene rings is 2. The molecule has 3 aromatic rings. The second-order valence-corrected chi connectivity index (χ2v) is 5.36. The summed E-state index contributed by atoms with van der Waals surface area (Å²) < 4.78 is 28.9. The van der Waals surface area contributed by atoms with Crippen LogP contribution in [0.5, 0.6) is 0 Å². The van der Waals surface area contributed by atoms with Crippen molar-refractivity contribution in [1.82, 2.24) is 4.57 Å². The maximum Gasteiger partial charge on any atom is 0.168 e.